The van der Waals surface area contributed by atoms with Crippen LogP contribution in [0.1, 0.15) is 24.5 Å². The number of hydrogen-bond donors (Lipinski definition) is 0. The van der Waals surface area contributed by atoms with Crippen molar-refractivity contribution in [3.8, 4) is 0 Å². The highest BCUT2D eigenvalue weighted by atomic mass is 16.5. The van der Waals surface area contributed by atoms with E-state index in [4.69, 9.17) is 4.74 Å². The van der Waals surface area contributed by atoms with Crippen molar-refractivity contribution < 1.29 is 9.53 Å². The molecule has 0 N–H and O–H groups in total. The van der Waals surface area contributed by atoms with Gasteiger partial charge in [-0.3, -0.25) is 0 Å². The highest BCUT2D eigenvalue weighted by Crippen LogP contribution is 2.30. The fraction of sp³-hybridized carbons (Fsp3) is 0.176. The van der Waals surface area contributed by atoms with Crippen LogP contribution in [0.3, 0.4) is 0 Å². The van der Waals surface area contributed by atoms with Crippen molar-refractivity contribution in [3.63, 3.8) is 0 Å². The van der Waals surface area contributed by atoms with Gasteiger partial charge in [0.2, 0.25) is 0 Å². The van der Waals surface area contributed by atoms with E-state index >= 15 is 0 Å². The van der Waals surface area contributed by atoms with E-state index in [0.29, 0.717) is 18.6 Å². The molecule has 19 heavy (non-hydrogen) atoms. The zero-order valence-electron chi connectivity index (χ0n) is 11.0. The first-order valence-corrected chi connectivity index (χ1v) is 6.29. The summed E-state index contributed by atoms with van der Waals surface area (Å²) < 4.78 is 5.44. The molecule has 0 fully saturated rings. The average Bonchev–Trinajstić information content (AvgIpc) is 2.47. The van der Waals surface area contributed by atoms with Crippen molar-refractivity contribution in [2.75, 3.05) is 6.61 Å². The molecule has 0 aliphatic heterocycles. The van der Waals surface area contributed by atoms with E-state index in [1.807, 2.05) is 49.3 Å². The molecule has 0 saturated carbocycles. The first-order chi connectivity index (χ1) is 9.28. The van der Waals surface area contributed by atoms with Crippen molar-refractivity contribution >= 4 is 17.6 Å². The van der Waals surface area contributed by atoms with Crippen molar-refractivity contribution in [1.82, 2.24) is 0 Å². The van der Waals surface area contributed by atoms with Crippen LogP contribution in [0.25, 0.3) is 11.6 Å². The van der Waals surface area contributed by atoms with Gasteiger partial charge in [-0.1, -0.05) is 43.0 Å². The maximum atomic E-state index is 11.1. The van der Waals surface area contributed by atoms with Crippen LogP contribution in [0.4, 0.5) is 0 Å². The Morgan fingerprint density at radius 2 is 2.05 bits per heavy atom. The van der Waals surface area contributed by atoms with Gasteiger partial charge in [0.25, 0.3) is 0 Å². The third-order valence-corrected chi connectivity index (χ3v) is 3.02. The zero-order valence-corrected chi connectivity index (χ0v) is 11.0. The smallest absolute Gasteiger partial charge is 0.129 e. The molecule has 0 aromatic heterocycles. The Morgan fingerprint density at radius 1 is 1.32 bits per heavy atom. The Bertz CT molecular complexity index is 582. The number of carbonyl (C=O) groups excluding carboxylic acids is 1. The molecule has 1 aromatic rings. The first kappa shape index (κ1) is 13.1. The molecular weight excluding hydrogens is 236 g/mol. The average molecular weight is 252 g/mol. The molecule has 2 nitrogen and oxygen atoms in total. The van der Waals surface area contributed by atoms with E-state index in [9.17, 15) is 4.79 Å². The van der Waals surface area contributed by atoms with Crippen LogP contribution in [0, 0.1) is 0 Å². The number of benzene rings is 1. The summed E-state index contributed by atoms with van der Waals surface area (Å²) in [7, 11) is 0. The molecule has 96 valence electrons. The fourth-order valence-corrected chi connectivity index (χ4v) is 2.05. The van der Waals surface area contributed by atoms with Crippen LogP contribution < -0.4 is 0 Å². The van der Waals surface area contributed by atoms with Gasteiger partial charge in [0, 0.05) is 6.42 Å². The van der Waals surface area contributed by atoms with Crippen molar-refractivity contribution in [2.24, 2.45) is 0 Å². The van der Waals surface area contributed by atoms with E-state index in [1.54, 1.807) is 6.08 Å². The molecule has 1 aromatic carbocycles. The fourth-order valence-electron chi connectivity index (χ4n) is 2.05. The maximum Gasteiger partial charge on any atom is 0.129 e. The van der Waals surface area contributed by atoms with Crippen LogP contribution >= 0.6 is 0 Å². The third kappa shape index (κ3) is 2.93. The summed E-state index contributed by atoms with van der Waals surface area (Å²) in [6.45, 7) is 6.26. The van der Waals surface area contributed by atoms with Gasteiger partial charge < -0.3 is 4.74 Å². The third-order valence-electron chi connectivity index (χ3n) is 3.02. The lowest BCUT2D eigenvalue weighted by Crippen LogP contribution is -2.01. The Kier molecular flexibility index (Phi) is 4.17. The first-order valence-electron chi connectivity index (χ1n) is 6.29. The summed E-state index contributed by atoms with van der Waals surface area (Å²) >= 11 is 0. The van der Waals surface area contributed by atoms with E-state index in [0.717, 1.165) is 22.5 Å². The zero-order chi connectivity index (χ0) is 13.7. The summed E-state index contributed by atoms with van der Waals surface area (Å²) in [5.41, 5.74) is 3.62. The Balaban J connectivity index is 2.35. The highest BCUT2D eigenvalue weighted by molar-refractivity contribution is 5.89. The molecule has 0 unspecified atom stereocenters. The van der Waals surface area contributed by atoms with Gasteiger partial charge in [-0.2, -0.15) is 0 Å². The molecule has 1 aliphatic rings. The number of ether oxygens (including phenoxy) is 1. The standard InChI is InChI=1S/C17H16O2/c1-3-13-5-7-14(8-6-13)17-10-9-16(19-4-2)11-15(17)12-18/h3,5-10H,1,4,11H2,2H3. The highest BCUT2D eigenvalue weighted by Gasteiger charge is 2.15. The van der Waals surface area contributed by atoms with Gasteiger partial charge in [0.15, 0.2) is 0 Å². The van der Waals surface area contributed by atoms with E-state index < -0.39 is 0 Å². The quantitative estimate of drug-likeness (QED) is 0.762. The minimum atomic E-state index is 0.506. The minimum absolute atomic E-state index is 0.506. The second-order valence-electron chi connectivity index (χ2n) is 4.23. The van der Waals surface area contributed by atoms with Crippen LogP contribution in [-0.2, 0) is 9.53 Å². The Morgan fingerprint density at radius 3 is 2.63 bits per heavy atom. The van der Waals surface area contributed by atoms with Gasteiger partial charge in [-0.05, 0) is 29.7 Å². The van der Waals surface area contributed by atoms with E-state index in [-0.39, 0.29) is 0 Å². The largest absolute Gasteiger partial charge is 0.498 e. The number of allylic oxidation sites excluding steroid dienone is 4. The van der Waals surface area contributed by atoms with Crippen LogP contribution in [0.5, 0.6) is 0 Å². The summed E-state index contributed by atoms with van der Waals surface area (Å²) in [6, 6.07) is 7.93. The van der Waals surface area contributed by atoms with Crippen molar-refractivity contribution in [2.45, 2.75) is 13.3 Å². The minimum Gasteiger partial charge on any atom is -0.498 e. The Labute approximate surface area is 113 Å². The molecule has 0 radical (unpaired) electrons. The van der Waals surface area contributed by atoms with Gasteiger partial charge >= 0.3 is 0 Å². The van der Waals surface area contributed by atoms with Crippen molar-refractivity contribution in [1.29, 1.82) is 0 Å². The van der Waals surface area contributed by atoms with Gasteiger partial charge in [-0.15, -0.1) is 0 Å². The number of hydrogen-bond acceptors (Lipinski definition) is 2. The SMILES string of the molecule is C=Cc1ccc(C2=CC=C(OCC)CC2=C=O)cc1. The molecular formula is C17H16O2. The molecule has 0 heterocycles. The lowest BCUT2D eigenvalue weighted by molar-refractivity contribution is 0.223. The van der Waals surface area contributed by atoms with Crippen molar-refractivity contribution in [3.05, 3.63) is 65.5 Å². The Hall–Kier alpha value is -2.31. The molecule has 1 aliphatic carbocycles. The van der Waals surface area contributed by atoms with Gasteiger partial charge in [0.1, 0.15) is 11.7 Å². The summed E-state index contributed by atoms with van der Waals surface area (Å²) in [5, 5.41) is 0. The molecule has 0 spiro atoms. The second kappa shape index (κ2) is 6.03. The predicted octanol–water partition coefficient (Wildman–Crippen LogP) is 3.80. The van der Waals surface area contributed by atoms with Crippen LogP contribution in [0.15, 0.2) is 54.3 Å². The molecule has 2 rings (SSSR count). The monoisotopic (exact) mass is 252 g/mol. The lowest BCUT2D eigenvalue weighted by Gasteiger charge is -2.16. The molecule has 0 saturated heterocycles. The lowest BCUT2D eigenvalue weighted by atomic mass is 9.92. The topological polar surface area (TPSA) is 26.3 Å². The second-order valence-corrected chi connectivity index (χ2v) is 4.23. The van der Waals surface area contributed by atoms with Crippen LogP contribution in [-0.4, -0.2) is 12.5 Å². The summed E-state index contributed by atoms with van der Waals surface area (Å²) in [4.78, 5) is 11.1. The van der Waals surface area contributed by atoms with Crippen LogP contribution in [0.2, 0.25) is 0 Å². The normalized spacial score (nSPS) is 14.3. The summed E-state index contributed by atoms with van der Waals surface area (Å²) in [6.07, 6.45) is 6.13. The predicted molar refractivity (Wildman–Crippen MR) is 78.0 cm³/mol. The van der Waals surface area contributed by atoms with E-state index in [1.165, 1.54) is 0 Å². The molecule has 0 amide bonds. The summed E-state index contributed by atoms with van der Waals surface area (Å²) in [5.74, 6) is 2.84. The molecule has 2 heteroatoms. The van der Waals surface area contributed by atoms with Gasteiger partial charge in [0.05, 0.1) is 12.2 Å². The molecule has 0 atom stereocenters. The molecule has 0 bridgehead atoms. The van der Waals surface area contributed by atoms with Gasteiger partial charge in [-0.25, -0.2) is 4.79 Å². The number of rotatable bonds is 4. The van der Waals surface area contributed by atoms with E-state index in [2.05, 4.69) is 6.58 Å². The maximum absolute atomic E-state index is 11.1.